The van der Waals surface area contributed by atoms with Crippen molar-refractivity contribution in [3.05, 3.63) is 52.5 Å². The fourth-order valence-electron chi connectivity index (χ4n) is 3.24. The summed E-state index contributed by atoms with van der Waals surface area (Å²) in [4.78, 5) is 12.5. The molecule has 3 rings (SSSR count). The molecule has 2 aromatic carbocycles. The molecule has 0 unspecified atom stereocenters. The van der Waals surface area contributed by atoms with Crippen molar-refractivity contribution in [1.29, 1.82) is 0 Å². The summed E-state index contributed by atoms with van der Waals surface area (Å²) >= 11 is 6.18. The van der Waals surface area contributed by atoms with Gasteiger partial charge in [0.2, 0.25) is 0 Å². The van der Waals surface area contributed by atoms with Crippen LogP contribution < -0.4 is 5.32 Å². The van der Waals surface area contributed by atoms with Gasteiger partial charge in [0.25, 0.3) is 5.91 Å². The third kappa shape index (κ3) is 3.73. The van der Waals surface area contributed by atoms with Gasteiger partial charge in [-0.2, -0.15) is 0 Å². The minimum atomic E-state index is -0.0542. The van der Waals surface area contributed by atoms with Crippen molar-refractivity contribution >= 4 is 17.5 Å². The van der Waals surface area contributed by atoms with Crippen LogP contribution >= 0.6 is 11.6 Å². The number of benzene rings is 2. The molecule has 0 radical (unpaired) electrons. The first-order chi connectivity index (χ1) is 11.5. The van der Waals surface area contributed by atoms with Crippen LogP contribution in [-0.4, -0.2) is 17.1 Å². The Morgan fingerprint density at radius 1 is 1.17 bits per heavy atom. The fraction of sp³-hybridized carbons (Fsp3) is 0.350. The van der Waals surface area contributed by atoms with E-state index >= 15 is 0 Å². The summed E-state index contributed by atoms with van der Waals surface area (Å²) in [6, 6.07) is 11.0. The number of phenols is 1. The summed E-state index contributed by atoms with van der Waals surface area (Å²) in [5.74, 6) is 0.114. The van der Waals surface area contributed by atoms with Gasteiger partial charge < -0.3 is 10.4 Å². The summed E-state index contributed by atoms with van der Waals surface area (Å²) in [7, 11) is 0. The largest absolute Gasteiger partial charge is 0.507 e. The summed E-state index contributed by atoms with van der Waals surface area (Å²) in [6.07, 6.45) is 5.73. The number of hydrogen-bond donors (Lipinski definition) is 2. The smallest absolute Gasteiger partial charge is 0.251 e. The Morgan fingerprint density at radius 2 is 1.92 bits per heavy atom. The number of hydrogen-bond acceptors (Lipinski definition) is 2. The van der Waals surface area contributed by atoms with Crippen molar-refractivity contribution in [2.45, 2.75) is 45.1 Å². The maximum atomic E-state index is 12.5. The topological polar surface area (TPSA) is 49.3 Å². The number of phenolic OH excluding ortho intramolecular Hbond substituents is 1. The van der Waals surface area contributed by atoms with E-state index in [1.54, 1.807) is 24.3 Å². The Bertz CT molecular complexity index is 751. The molecule has 1 aliphatic carbocycles. The Morgan fingerprint density at radius 3 is 2.67 bits per heavy atom. The van der Waals surface area contributed by atoms with Crippen LogP contribution in [0.25, 0.3) is 11.1 Å². The van der Waals surface area contributed by atoms with Crippen molar-refractivity contribution in [3.8, 4) is 16.9 Å². The van der Waals surface area contributed by atoms with Crippen molar-refractivity contribution in [2.75, 3.05) is 0 Å². The molecule has 2 N–H and O–H groups in total. The monoisotopic (exact) mass is 343 g/mol. The maximum Gasteiger partial charge on any atom is 0.251 e. The number of carbonyl (C=O) groups is 1. The van der Waals surface area contributed by atoms with Crippen LogP contribution in [0.5, 0.6) is 5.75 Å². The molecule has 1 aliphatic rings. The van der Waals surface area contributed by atoms with E-state index in [2.05, 4.69) is 5.32 Å². The number of aromatic hydroxyl groups is 1. The Hall–Kier alpha value is -2.00. The van der Waals surface area contributed by atoms with Gasteiger partial charge in [0.15, 0.2) is 0 Å². The molecule has 1 fully saturated rings. The number of aryl methyl sites for hydroxylation is 1. The lowest BCUT2D eigenvalue weighted by Crippen LogP contribution is -2.36. The Balaban J connectivity index is 1.83. The zero-order valence-corrected chi connectivity index (χ0v) is 14.6. The van der Waals surface area contributed by atoms with Gasteiger partial charge in [-0.15, -0.1) is 0 Å². The molecule has 0 saturated heterocycles. The van der Waals surface area contributed by atoms with E-state index in [0.29, 0.717) is 16.1 Å². The molecule has 4 heteroatoms. The number of rotatable bonds is 3. The second-order valence-electron chi connectivity index (χ2n) is 6.51. The van der Waals surface area contributed by atoms with Gasteiger partial charge in [0.1, 0.15) is 5.75 Å². The van der Waals surface area contributed by atoms with Gasteiger partial charge in [0.05, 0.1) is 0 Å². The summed E-state index contributed by atoms with van der Waals surface area (Å²) in [6.45, 7) is 1.85. The number of halogens is 1. The predicted octanol–water partition coefficient (Wildman–Crippen LogP) is 5.08. The SMILES string of the molecule is Cc1cc(O)c(-c2cccc(C(=O)NC3CCCCC3)c2)cc1Cl. The van der Waals surface area contributed by atoms with Gasteiger partial charge in [0, 0.05) is 22.2 Å². The molecule has 0 heterocycles. The van der Waals surface area contributed by atoms with Crippen molar-refractivity contribution in [2.24, 2.45) is 0 Å². The highest BCUT2D eigenvalue weighted by molar-refractivity contribution is 6.31. The highest BCUT2D eigenvalue weighted by Gasteiger charge is 2.17. The van der Waals surface area contributed by atoms with E-state index in [0.717, 1.165) is 24.0 Å². The summed E-state index contributed by atoms with van der Waals surface area (Å²) < 4.78 is 0. The molecule has 0 aliphatic heterocycles. The lowest BCUT2D eigenvalue weighted by atomic mass is 9.95. The molecule has 0 aromatic heterocycles. The first-order valence-corrected chi connectivity index (χ1v) is 8.83. The van der Waals surface area contributed by atoms with Crippen LogP contribution in [-0.2, 0) is 0 Å². The molecular formula is C20H22ClNO2. The highest BCUT2D eigenvalue weighted by Crippen LogP contribution is 2.34. The minimum Gasteiger partial charge on any atom is -0.507 e. The molecular weight excluding hydrogens is 322 g/mol. The number of nitrogens with one attached hydrogen (secondary N) is 1. The van der Waals surface area contributed by atoms with E-state index < -0.39 is 0 Å². The van der Waals surface area contributed by atoms with Crippen LogP contribution in [0.3, 0.4) is 0 Å². The quantitative estimate of drug-likeness (QED) is 0.816. The molecule has 0 bridgehead atoms. The maximum absolute atomic E-state index is 12.5. The highest BCUT2D eigenvalue weighted by atomic mass is 35.5. The third-order valence-electron chi connectivity index (χ3n) is 4.65. The zero-order chi connectivity index (χ0) is 17.1. The van der Waals surface area contributed by atoms with Crippen LogP contribution in [0.2, 0.25) is 5.02 Å². The second-order valence-corrected chi connectivity index (χ2v) is 6.91. The van der Waals surface area contributed by atoms with Gasteiger partial charge in [-0.25, -0.2) is 0 Å². The summed E-state index contributed by atoms with van der Waals surface area (Å²) in [5, 5.41) is 13.9. The molecule has 126 valence electrons. The lowest BCUT2D eigenvalue weighted by molar-refractivity contribution is 0.0927. The standard InChI is InChI=1S/C20H22ClNO2/c1-13-10-19(23)17(12-18(13)21)14-6-5-7-15(11-14)20(24)22-16-8-3-2-4-9-16/h5-7,10-12,16,23H,2-4,8-9H2,1H3,(H,22,24). The number of carbonyl (C=O) groups excluding carboxylic acids is 1. The normalized spacial score (nSPS) is 15.2. The zero-order valence-electron chi connectivity index (χ0n) is 13.8. The Kier molecular flexibility index (Phi) is 5.10. The van der Waals surface area contributed by atoms with E-state index in [1.807, 2.05) is 19.1 Å². The van der Waals surface area contributed by atoms with Crippen LogP contribution in [0.1, 0.15) is 48.0 Å². The van der Waals surface area contributed by atoms with Gasteiger partial charge in [-0.3, -0.25) is 4.79 Å². The average molecular weight is 344 g/mol. The van der Waals surface area contributed by atoms with Crippen molar-refractivity contribution in [3.63, 3.8) is 0 Å². The lowest BCUT2D eigenvalue weighted by Gasteiger charge is -2.22. The number of amides is 1. The summed E-state index contributed by atoms with van der Waals surface area (Å²) in [5.41, 5.74) is 2.85. The van der Waals surface area contributed by atoms with Crippen LogP contribution in [0.4, 0.5) is 0 Å². The molecule has 0 atom stereocenters. The van der Waals surface area contributed by atoms with Crippen LogP contribution in [0, 0.1) is 6.92 Å². The minimum absolute atomic E-state index is 0.0542. The van der Waals surface area contributed by atoms with E-state index in [1.165, 1.54) is 19.3 Å². The second kappa shape index (κ2) is 7.27. The van der Waals surface area contributed by atoms with Crippen LogP contribution in [0.15, 0.2) is 36.4 Å². The molecule has 24 heavy (non-hydrogen) atoms. The van der Waals surface area contributed by atoms with Crippen molar-refractivity contribution < 1.29 is 9.90 Å². The van der Waals surface area contributed by atoms with E-state index in [9.17, 15) is 9.90 Å². The van der Waals surface area contributed by atoms with E-state index in [-0.39, 0.29) is 17.7 Å². The first-order valence-electron chi connectivity index (χ1n) is 8.45. The molecule has 1 saturated carbocycles. The predicted molar refractivity (Wildman–Crippen MR) is 97.6 cm³/mol. The van der Waals surface area contributed by atoms with E-state index in [4.69, 9.17) is 11.6 Å². The molecule has 3 nitrogen and oxygen atoms in total. The van der Waals surface area contributed by atoms with Gasteiger partial charge in [-0.05, 0) is 55.2 Å². The molecule has 2 aromatic rings. The third-order valence-corrected chi connectivity index (χ3v) is 5.06. The molecule has 1 amide bonds. The average Bonchev–Trinajstić information content (AvgIpc) is 2.59. The van der Waals surface area contributed by atoms with Crippen molar-refractivity contribution in [1.82, 2.24) is 5.32 Å². The van der Waals surface area contributed by atoms with Gasteiger partial charge >= 0.3 is 0 Å². The van der Waals surface area contributed by atoms with Gasteiger partial charge in [-0.1, -0.05) is 43.0 Å². The molecule has 0 spiro atoms. The Labute approximate surface area is 147 Å². The fourth-order valence-corrected chi connectivity index (χ4v) is 3.40. The first kappa shape index (κ1) is 16.8.